The maximum atomic E-state index is 13.0. The molecule has 0 aliphatic heterocycles. The second-order valence-corrected chi connectivity index (χ2v) is 8.57. The Morgan fingerprint density at radius 3 is 2.47 bits per heavy atom. The van der Waals surface area contributed by atoms with Crippen molar-refractivity contribution in [1.82, 2.24) is 21.4 Å². The smallest absolute Gasteiger partial charge is 0.243 e. The van der Waals surface area contributed by atoms with Crippen LogP contribution >= 0.6 is 0 Å². The Bertz CT molecular complexity index is 852. The van der Waals surface area contributed by atoms with Gasteiger partial charge >= 0.3 is 0 Å². The zero-order valence-electron chi connectivity index (χ0n) is 21.4. The van der Waals surface area contributed by atoms with Crippen LogP contribution in [-0.2, 0) is 20.8 Å². The molecule has 0 aromatic heterocycles. The summed E-state index contributed by atoms with van der Waals surface area (Å²) in [4.78, 5) is 36.8. The third-order valence-electron chi connectivity index (χ3n) is 5.52. The van der Waals surface area contributed by atoms with Crippen LogP contribution in [0.15, 0.2) is 66.9 Å². The minimum atomic E-state index is -0.684. The first-order chi connectivity index (χ1) is 17.5. The quantitative estimate of drug-likeness (QED) is 0.0862. The average Bonchev–Trinajstić information content (AvgIpc) is 2.89. The normalized spacial score (nSPS) is 12.1. The molecule has 1 aromatic carbocycles. The number of nitrogens with one attached hydrogen (secondary N) is 4. The highest BCUT2D eigenvalue weighted by Crippen LogP contribution is 2.12. The number of hydroxylamine groups is 1. The molecule has 3 amide bonds. The van der Waals surface area contributed by atoms with Crippen LogP contribution < -0.4 is 21.4 Å². The molecule has 0 aliphatic rings. The maximum absolute atomic E-state index is 13.0. The lowest BCUT2D eigenvalue weighted by molar-refractivity contribution is -0.129. The SMILES string of the molecule is C=CCN/C=C(\C/C=C\C)CC(NC(=O)CCCc1ccccc1)C(=O)NCCCCCC(=O)NO. The number of hydrogen-bond donors (Lipinski definition) is 5. The van der Waals surface area contributed by atoms with Crippen LogP contribution in [0.25, 0.3) is 0 Å². The minimum Gasteiger partial charge on any atom is -0.387 e. The van der Waals surface area contributed by atoms with E-state index in [2.05, 4.69) is 22.5 Å². The standard InChI is InChI=1S/C28H42N4O4/c1-3-5-13-24(22-29-19-4-2)21-25(28(35)30-20-11-7-10-17-27(34)32-36)31-26(33)18-12-16-23-14-8-6-9-15-23/h3-6,8-9,14-15,22,25,29,36H,2,7,10-13,16-21H2,1H3,(H,30,35)(H,31,33)(H,32,34)/b5-3-,24-22+. The monoisotopic (exact) mass is 498 g/mol. The topological polar surface area (TPSA) is 120 Å². The molecule has 5 N–H and O–H groups in total. The summed E-state index contributed by atoms with van der Waals surface area (Å²) < 4.78 is 0. The fraction of sp³-hybridized carbons (Fsp3) is 0.464. The van der Waals surface area contributed by atoms with E-state index in [0.29, 0.717) is 51.6 Å². The van der Waals surface area contributed by atoms with Crippen molar-refractivity contribution in [2.24, 2.45) is 0 Å². The van der Waals surface area contributed by atoms with Crippen molar-refractivity contribution < 1.29 is 19.6 Å². The summed E-state index contributed by atoms with van der Waals surface area (Å²) in [6, 6.07) is 9.33. The van der Waals surface area contributed by atoms with Gasteiger partial charge in [-0.2, -0.15) is 0 Å². The van der Waals surface area contributed by atoms with Gasteiger partial charge in [-0.1, -0.05) is 55.0 Å². The van der Waals surface area contributed by atoms with Crippen LogP contribution in [-0.4, -0.2) is 42.1 Å². The number of carbonyl (C=O) groups is 3. The van der Waals surface area contributed by atoms with Gasteiger partial charge < -0.3 is 16.0 Å². The van der Waals surface area contributed by atoms with Gasteiger partial charge in [-0.15, -0.1) is 6.58 Å². The average molecular weight is 499 g/mol. The Morgan fingerprint density at radius 2 is 1.78 bits per heavy atom. The fourth-order valence-corrected chi connectivity index (χ4v) is 3.57. The van der Waals surface area contributed by atoms with Gasteiger partial charge in [0.05, 0.1) is 0 Å². The summed E-state index contributed by atoms with van der Waals surface area (Å²) in [7, 11) is 0. The number of unbranched alkanes of at least 4 members (excludes halogenated alkanes) is 2. The van der Waals surface area contributed by atoms with Crippen molar-refractivity contribution in [2.45, 2.75) is 70.8 Å². The molecule has 36 heavy (non-hydrogen) atoms. The van der Waals surface area contributed by atoms with E-state index in [9.17, 15) is 14.4 Å². The van der Waals surface area contributed by atoms with Gasteiger partial charge in [-0.05, 0) is 62.8 Å². The molecule has 1 unspecified atom stereocenters. The fourth-order valence-electron chi connectivity index (χ4n) is 3.57. The van der Waals surface area contributed by atoms with Crippen molar-refractivity contribution in [1.29, 1.82) is 0 Å². The Labute approximate surface area is 215 Å². The van der Waals surface area contributed by atoms with Crippen molar-refractivity contribution in [3.05, 3.63) is 72.5 Å². The molecule has 8 heteroatoms. The van der Waals surface area contributed by atoms with E-state index >= 15 is 0 Å². The van der Waals surface area contributed by atoms with Crippen molar-refractivity contribution in [3.63, 3.8) is 0 Å². The third kappa shape index (κ3) is 14.8. The largest absolute Gasteiger partial charge is 0.387 e. The van der Waals surface area contributed by atoms with Gasteiger partial charge in [-0.3, -0.25) is 19.6 Å². The highest BCUT2D eigenvalue weighted by Gasteiger charge is 2.21. The Kier molecular flexibility index (Phi) is 16.9. The Morgan fingerprint density at radius 1 is 1.03 bits per heavy atom. The molecule has 0 fully saturated rings. The van der Waals surface area contributed by atoms with Gasteiger partial charge in [0.15, 0.2) is 0 Å². The predicted molar refractivity (Wildman–Crippen MR) is 143 cm³/mol. The molecule has 0 heterocycles. The van der Waals surface area contributed by atoms with Gasteiger partial charge in [0.2, 0.25) is 17.7 Å². The molecule has 0 radical (unpaired) electrons. The van der Waals surface area contributed by atoms with Gasteiger partial charge in [0, 0.05) is 25.9 Å². The highest BCUT2D eigenvalue weighted by molar-refractivity contribution is 5.87. The Hall–Kier alpha value is -3.39. The van der Waals surface area contributed by atoms with Crippen LogP contribution in [0, 0.1) is 0 Å². The molecule has 0 saturated heterocycles. The molecule has 1 rings (SSSR count). The summed E-state index contributed by atoms with van der Waals surface area (Å²) in [5.74, 6) is -0.792. The molecule has 198 valence electrons. The zero-order chi connectivity index (χ0) is 26.4. The van der Waals surface area contributed by atoms with Crippen LogP contribution in [0.3, 0.4) is 0 Å². The third-order valence-corrected chi connectivity index (χ3v) is 5.52. The van der Waals surface area contributed by atoms with E-state index < -0.39 is 11.9 Å². The summed E-state index contributed by atoms with van der Waals surface area (Å²) >= 11 is 0. The minimum absolute atomic E-state index is 0.148. The first-order valence-electron chi connectivity index (χ1n) is 12.7. The molecule has 1 aromatic rings. The van der Waals surface area contributed by atoms with Gasteiger partial charge in [0.25, 0.3) is 0 Å². The molecule has 1 atom stereocenters. The maximum Gasteiger partial charge on any atom is 0.243 e. The molecule has 0 saturated carbocycles. The van der Waals surface area contributed by atoms with Crippen molar-refractivity contribution in [3.8, 4) is 0 Å². The molecule has 0 spiro atoms. The number of hydrogen-bond acceptors (Lipinski definition) is 5. The van der Waals surface area contributed by atoms with Crippen LogP contribution in [0.1, 0.15) is 63.9 Å². The summed E-state index contributed by atoms with van der Waals surface area (Å²) in [5.41, 5.74) is 3.79. The predicted octanol–water partition coefficient (Wildman–Crippen LogP) is 3.69. The zero-order valence-corrected chi connectivity index (χ0v) is 21.4. The summed E-state index contributed by atoms with van der Waals surface area (Å²) in [6.45, 7) is 6.70. The van der Waals surface area contributed by atoms with E-state index in [1.807, 2.05) is 55.6 Å². The molecular formula is C28H42N4O4. The van der Waals surface area contributed by atoms with Crippen LogP contribution in [0.5, 0.6) is 0 Å². The van der Waals surface area contributed by atoms with Gasteiger partial charge in [0.1, 0.15) is 6.04 Å². The van der Waals surface area contributed by atoms with E-state index in [4.69, 9.17) is 5.21 Å². The molecule has 0 aliphatic carbocycles. The summed E-state index contributed by atoms with van der Waals surface area (Å²) in [5, 5.41) is 17.6. The number of amides is 3. The number of benzene rings is 1. The molecule has 0 bridgehead atoms. The van der Waals surface area contributed by atoms with Crippen LogP contribution in [0.4, 0.5) is 0 Å². The summed E-state index contributed by atoms with van der Waals surface area (Å²) in [6.07, 6.45) is 12.8. The van der Waals surface area contributed by atoms with Crippen molar-refractivity contribution >= 4 is 17.7 Å². The van der Waals surface area contributed by atoms with E-state index in [-0.39, 0.29) is 18.2 Å². The molecule has 8 nitrogen and oxygen atoms in total. The second-order valence-electron chi connectivity index (χ2n) is 8.57. The van der Waals surface area contributed by atoms with E-state index in [0.717, 1.165) is 18.4 Å². The second kappa shape index (κ2) is 19.9. The number of rotatable bonds is 19. The number of aryl methyl sites for hydroxylation is 1. The van der Waals surface area contributed by atoms with E-state index in [1.54, 1.807) is 11.6 Å². The lowest BCUT2D eigenvalue weighted by Gasteiger charge is -2.20. The highest BCUT2D eigenvalue weighted by atomic mass is 16.5. The lowest BCUT2D eigenvalue weighted by atomic mass is 10.0. The van der Waals surface area contributed by atoms with Gasteiger partial charge in [-0.25, -0.2) is 5.48 Å². The lowest BCUT2D eigenvalue weighted by Crippen LogP contribution is -2.47. The van der Waals surface area contributed by atoms with Crippen molar-refractivity contribution in [2.75, 3.05) is 13.1 Å². The number of carbonyl (C=O) groups excluding carboxylic acids is 3. The number of allylic oxidation sites excluding steroid dienone is 2. The first kappa shape index (κ1) is 30.6. The Balaban J connectivity index is 2.69. The molecular weight excluding hydrogens is 456 g/mol. The van der Waals surface area contributed by atoms with Crippen LogP contribution in [0.2, 0.25) is 0 Å². The first-order valence-corrected chi connectivity index (χ1v) is 12.7. The van der Waals surface area contributed by atoms with E-state index in [1.165, 1.54) is 5.56 Å².